The van der Waals surface area contributed by atoms with Crippen LogP contribution in [0, 0.1) is 0 Å². The van der Waals surface area contributed by atoms with E-state index in [-0.39, 0.29) is 6.61 Å². The molecule has 0 aromatic heterocycles. The van der Waals surface area contributed by atoms with Crippen LogP contribution < -0.4 is 0 Å². The van der Waals surface area contributed by atoms with Gasteiger partial charge in [-0.25, -0.2) is 4.79 Å². The van der Waals surface area contributed by atoms with Crippen LogP contribution in [0.4, 0.5) is 0 Å². The molecule has 0 radical (unpaired) electrons. The van der Waals surface area contributed by atoms with Gasteiger partial charge in [0.15, 0.2) is 0 Å². The van der Waals surface area contributed by atoms with Gasteiger partial charge in [-0.05, 0) is 6.08 Å². The zero-order valence-electron chi connectivity index (χ0n) is 5.09. The maximum atomic E-state index is 10.3. The average Bonchev–Trinajstić information content (AvgIpc) is 1.89. The zero-order valence-corrected chi connectivity index (χ0v) is 5.09. The van der Waals surface area contributed by atoms with Gasteiger partial charge in [-0.15, -0.1) is 5.73 Å². The standard InChI is InChI=1S/C7H8O2/c1-3-5-6-9-7(8)4-2/h4-5H,1-2,6H2. The second-order valence-corrected chi connectivity index (χ2v) is 1.24. The first kappa shape index (κ1) is 7.73. The Morgan fingerprint density at radius 3 is 2.89 bits per heavy atom. The lowest BCUT2D eigenvalue weighted by molar-refractivity contribution is -0.136. The third-order valence-electron chi connectivity index (χ3n) is 0.620. The van der Waals surface area contributed by atoms with Gasteiger partial charge >= 0.3 is 5.97 Å². The highest BCUT2D eigenvalue weighted by atomic mass is 16.5. The SMILES string of the molecule is C=C=CCOC(=O)C=C. The lowest BCUT2D eigenvalue weighted by Gasteiger charge is -1.92. The normalized spacial score (nSPS) is 7.11. The molecule has 9 heavy (non-hydrogen) atoms. The molecule has 0 N–H and O–H groups in total. The van der Waals surface area contributed by atoms with Crippen LogP contribution in [0.2, 0.25) is 0 Å². The maximum absolute atomic E-state index is 10.3. The summed E-state index contributed by atoms with van der Waals surface area (Å²) in [6.07, 6.45) is 2.62. The van der Waals surface area contributed by atoms with E-state index in [1.165, 1.54) is 6.08 Å². The minimum Gasteiger partial charge on any atom is -0.458 e. The summed E-state index contributed by atoms with van der Waals surface area (Å²) < 4.78 is 4.52. The van der Waals surface area contributed by atoms with Crippen molar-refractivity contribution in [3.05, 3.63) is 31.0 Å². The molecule has 0 spiro atoms. The minimum absolute atomic E-state index is 0.217. The van der Waals surface area contributed by atoms with Crippen molar-refractivity contribution in [3.63, 3.8) is 0 Å². The number of hydrogen-bond acceptors (Lipinski definition) is 2. The molecule has 0 aromatic rings. The van der Waals surface area contributed by atoms with E-state index < -0.39 is 5.97 Å². The first-order valence-corrected chi connectivity index (χ1v) is 2.44. The fourth-order valence-electron chi connectivity index (χ4n) is 0.242. The van der Waals surface area contributed by atoms with E-state index in [0.717, 1.165) is 6.08 Å². The molecule has 0 fully saturated rings. The molecule has 48 valence electrons. The third-order valence-corrected chi connectivity index (χ3v) is 0.620. The summed E-state index contributed by atoms with van der Waals surface area (Å²) in [4.78, 5) is 10.3. The Hall–Kier alpha value is -1.27. The number of hydrogen-bond donors (Lipinski definition) is 0. The molecule has 0 heterocycles. The largest absolute Gasteiger partial charge is 0.458 e. The molecule has 0 aliphatic carbocycles. The number of carbonyl (C=O) groups excluding carboxylic acids is 1. The van der Waals surface area contributed by atoms with E-state index >= 15 is 0 Å². The fraction of sp³-hybridized carbons (Fsp3) is 0.143. The zero-order chi connectivity index (χ0) is 7.11. The van der Waals surface area contributed by atoms with E-state index in [1.54, 1.807) is 0 Å². The molecular weight excluding hydrogens is 116 g/mol. The first-order chi connectivity index (χ1) is 4.31. The molecule has 0 amide bonds. The molecule has 2 heteroatoms. The molecule has 0 atom stereocenters. The number of esters is 1. The van der Waals surface area contributed by atoms with Crippen LogP contribution in [0.3, 0.4) is 0 Å². The molecule has 0 saturated carbocycles. The maximum Gasteiger partial charge on any atom is 0.330 e. The monoisotopic (exact) mass is 124 g/mol. The quantitative estimate of drug-likeness (QED) is 0.319. The molecule has 2 nitrogen and oxygen atoms in total. The van der Waals surface area contributed by atoms with Gasteiger partial charge in [-0.2, -0.15) is 0 Å². The third kappa shape index (κ3) is 4.59. The Balaban J connectivity index is 3.38. The van der Waals surface area contributed by atoms with Crippen LogP contribution in [0.1, 0.15) is 0 Å². The highest BCUT2D eigenvalue weighted by molar-refractivity contribution is 5.81. The number of ether oxygens (including phenoxy) is 1. The summed E-state index contributed by atoms with van der Waals surface area (Å²) in [7, 11) is 0. The Labute approximate surface area is 54.1 Å². The van der Waals surface area contributed by atoms with Gasteiger partial charge in [0.1, 0.15) is 6.61 Å². The van der Waals surface area contributed by atoms with E-state index in [0.29, 0.717) is 0 Å². The minimum atomic E-state index is -0.429. The molecular formula is C7H8O2. The predicted octanol–water partition coefficient (Wildman–Crippen LogP) is 1.06. The Morgan fingerprint density at radius 1 is 1.78 bits per heavy atom. The van der Waals surface area contributed by atoms with Crippen molar-refractivity contribution in [2.45, 2.75) is 0 Å². The van der Waals surface area contributed by atoms with Crippen LogP contribution in [-0.4, -0.2) is 12.6 Å². The van der Waals surface area contributed by atoms with Gasteiger partial charge in [0.25, 0.3) is 0 Å². The van der Waals surface area contributed by atoms with Crippen LogP contribution in [-0.2, 0) is 9.53 Å². The Kier molecular flexibility index (Phi) is 4.19. The van der Waals surface area contributed by atoms with Crippen LogP contribution in [0.25, 0.3) is 0 Å². The average molecular weight is 124 g/mol. The van der Waals surface area contributed by atoms with Gasteiger partial charge < -0.3 is 4.74 Å². The van der Waals surface area contributed by atoms with Crippen molar-refractivity contribution in [1.82, 2.24) is 0 Å². The highest BCUT2D eigenvalue weighted by Gasteiger charge is 1.88. The molecule has 0 aromatic carbocycles. The molecule has 0 saturated heterocycles. The van der Waals surface area contributed by atoms with Gasteiger partial charge in [0.05, 0.1) is 0 Å². The molecule has 0 bridgehead atoms. The van der Waals surface area contributed by atoms with E-state index in [4.69, 9.17) is 0 Å². The van der Waals surface area contributed by atoms with E-state index in [2.05, 4.69) is 23.6 Å². The lowest BCUT2D eigenvalue weighted by atomic mass is 10.6. The van der Waals surface area contributed by atoms with Crippen molar-refractivity contribution in [1.29, 1.82) is 0 Å². The topological polar surface area (TPSA) is 26.3 Å². The summed E-state index contributed by atoms with van der Waals surface area (Å²) >= 11 is 0. The second-order valence-electron chi connectivity index (χ2n) is 1.24. The van der Waals surface area contributed by atoms with Gasteiger partial charge in [-0.1, -0.05) is 13.2 Å². The van der Waals surface area contributed by atoms with Gasteiger partial charge in [0.2, 0.25) is 0 Å². The number of rotatable bonds is 3. The molecule has 0 aliphatic heterocycles. The number of carbonyl (C=O) groups is 1. The van der Waals surface area contributed by atoms with E-state index in [1.807, 2.05) is 0 Å². The van der Waals surface area contributed by atoms with E-state index in [9.17, 15) is 4.79 Å². The Bertz CT molecular complexity index is 152. The molecule has 0 aliphatic rings. The van der Waals surface area contributed by atoms with Gasteiger partial charge in [0, 0.05) is 6.08 Å². The van der Waals surface area contributed by atoms with Crippen molar-refractivity contribution >= 4 is 5.97 Å². The fourth-order valence-corrected chi connectivity index (χ4v) is 0.242. The van der Waals surface area contributed by atoms with Crippen molar-refractivity contribution < 1.29 is 9.53 Å². The summed E-state index contributed by atoms with van der Waals surface area (Å²) in [6, 6.07) is 0. The highest BCUT2D eigenvalue weighted by Crippen LogP contribution is 1.77. The molecule has 0 unspecified atom stereocenters. The lowest BCUT2D eigenvalue weighted by Crippen LogP contribution is -1.98. The first-order valence-electron chi connectivity index (χ1n) is 2.44. The Morgan fingerprint density at radius 2 is 2.44 bits per heavy atom. The van der Waals surface area contributed by atoms with Crippen molar-refractivity contribution in [2.24, 2.45) is 0 Å². The van der Waals surface area contributed by atoms with Crippen molar-refractivity contribution in [3.8, 4) is 0 Å². The second kappa shape index (κ2) is 4.88. The van der Waals surface area contributed by atoms with Crippen LogP contribution >= 0.6 is 0 Å². The smallest absolute Gasteiger partial charge is 0.330 e. The van der Waals surface area contributed by atoms with Gasteiger partial charge in [-0.3, -0.25) is 0 Å². The summed E-state index contributed by atoms with van der Waals surface area (Å²) in [6.45, 7) is 6.72. The summed E-state index contributed by atoms with van der Waals surface area (Å²) in [5, 5.41) is 0. The summed E-state index contributed by atoms with van der Waals surface area (Å²) in [5.41, 5.74) is 2.46. The predicted molar refractivity (Wildman–Crippen MR) is 34.9 cm³/mol. The van der Waals surface area contributed by atoms with Crippen molar-refractivity contribution in [2.75, 3.05) is 6.61 Å². The summed E-state index contributed by atoms with van der Waals surface area (Å²) in [5.74, 6) is -0.429. The van der Waals surface area contributed by atoms with Crippen LogP contribution in [0.5, 0.6) is 0 Å². The van der Waals surface area contributed by atoms with Crippen LogP contribution in [0.15, 0.2) is 31.0 Å². The molecule has 0 rings (SSSR count).